The van der Waals surface area contributed by atoms with Crippen molar-refractivity contribution >= 4 is 34.6 Å². The Kier molecular flexibility index (Phi) is 6.86. The van der Waals surface area contributed by atoms with E-state index in [2.05, 4.69) is 10.6 Å². The first-order chi connectivity index (χ1) is 15.3. The monoisotopic (exact) mass is 434 g/mol. The van der Waals surface area contributed by atoms with Gasteiger partial charge in [-0.2, -0.15) is 0 Å². The normalized spacial score (nSPS) is 10.2. The Hall–Kier alpha value is -4.60. The Morgan fingerprint density at radius 2 is 1.03 bits per heavy atom. The molecule has 3 aromatic rings. The quantitative estimate of drug-likeness (QED) is 0.407. The molecule has 2 amide bonds. The predicted molar refractivity (Wildman–Crippen MR) is 117 cm³/mol. The minimum Gasteiger partial charge on any atom is -0.326 e. The van der Waals surface area contributed by atoms with Crippen molar-refractivity contribution in [3.63, 3.8) is 0 Å². The second-order valence-corrected chi connectivity index (χ2v) is 6.81. The van der Waals surface area contributed by atoms with Crippen molar-refractivity contribution in [1.82, 2.24) is 0 Å². The average molecular weight is 434 g/mol. The van der Waals surface area contributed by atoms with E-state index < -0.39 is 45.9 Å². The summed E-state index contributed by atoms with van der Waals surface area (Å²) in [5.74, 6) is -1.07. The van der Waals surface area contributed by atoms with E-state index in [1.165, 1.54) is 6.07 Å². The maximum Gasteiger partial charge on any atom is 0.280 e. The van der Waals surface area contributed by atoms with Gasteiger partial charge in [0.25, 0.3) is 11.4 Å². The van der Waals surface area contributed by atoms with Gasteiger partial charge in [-0.05, 0) is 30.3 Å². The van der Waals surface area contributed by atoms with E-state index in [9.17, 15) is 29.8 Å². The first-order valence-corrected chi connectivity index (χ1v) is 9.48. The van der Waals surface area contributed by atoms with Crippen LogP contribution >= 0.6 is 0 Å². The highest BCUT2D eigenvalue weighted by molar-refractivity contribution is 5.94. The third-order valence-corrected chi connectivity index (χ3v) is 4.49. The molecule has 0 atom stereocenters. The van der Waals surface area contributed by atoms with Gasteiger partial charge in [-0.3, -0.25) is 29.8 Å². The molecule has 0 heterocycles. The summed E-state index contributed by atoms with van der Waals surface area (Å²) in [5.41, 5.74) is -0.179. The lowest BCUT2D eigenvalue weighted by molar-refractivity contribution is -0.395. The Morgan fingerprint density at radius 3 is 1.38 bits per heavy atom. The third-order valence-electron chi connectivity index (χ3n) is 4.49. The van der Waals surface area contributed by atoms with Gasteiger partial charge in [-0.1, -0.05) is 36.4 Å². The molecule has 0 saturated heterocycles. The molecule has 0 unspecified atom stereocenters. The third kappa shape index (κ3) is 5.72. The number of hydrogen-bond donors (Lipinski definition) is 2. The number of carbonyl (C=O) groups is 2. The van der Waals surface area contributed by atoms with Crippen molar-refractivity contribution < 1.29 is 19.4 Å². The lowest BCUT2D eigenvalue weighted by Crippen LogP contribution is -2.18. The molecular formula is C22H18N4O6. The van der Waals surface area contributed by atoms with Gasteiger partial charge in [-0.15, -0.1) is 0 Å². The molecule has 2 N–H and O–H groups in total. The number of anilines is 2. The van der Waals surface area contributed by atoms with Crippen LogP contribution in [-0.2, 0) is 22.4 Å². The van der Waals surface area contributed by atoms with E-state index in [1.807, 2.05) is 0 Å². The van der Waals surface area contributed by atoms with Crippen molar-refractivity contribution in [1.29, 1.82) is 0 Å². The van der Waals surface area contributed by atoms with E-state index in [0.717, 1.165) is 6.07 Å². The van der Waals surface area contributed by atoms with Crippen molar-refractivity contribution in [2.75, 3.05) is 10.6 Å². The van der Waals surface area contributed by atoms with E-state index in [-0.39, 0.29) is 11.1 Å². The van der Waals surface area contributed by atoms with Gasteiger partial charge < -0.3 is 10.6 Å². The number of benzene rings is 3. The van der Waals surface area contributed by atoms with Gasteiger partial charge in [-0.25, -0.2) is 0 Å². The van der Waals surface area contributed by atoms with E-state index in [4.69, 9.17) is 0 Å². The maximum absolute atomic E-state index is 12.4. The van der Waals surface area contributed by atoms with E-state index in [0.29, 0.717) is 11.4 Å². The lowest BCUT2D eigenvalue weighted by atomic mass is 10.0. The zero-order chi connectivity index (χ0) is 23.1. The fourth-order valence-corrected chi connectivity index (χ4v) is 3.10. The molecule has 10 heteroatoms. The van der Waals surface area contributed by atoms with Gasteiger partial charge in [0.2, 0.25) is 11.8 Å². The molecule has 162 valence electrons. The summed E-state index contributed by atoms with van der Waals surface area (Å²) in [6.45, 7) is 0. The number of para-hydroxylation sites is 2. The van der Waals surface area contributed by atoms with Crippen LogP contribution in [0.4, 0.5) is 22.7 Å². The van der Waals surface area contributed by atoms with Crippen molar-refractivity contribution in [2.45, 2.75) is 12.8 Å². The number of rotatable bonds is 8. The van der Waals surface area contributed by atoms with Crippen molar-refractivity contribution in [3.05, 3.63) is 104 Å². The molecular weight excluding hydrogens is 416 g/mol. The summed E-state index contributed by atoms with van der Waals surface area (Å²) in [5, 5.41) is 28.2. The van der Waals surface area contributed by atoms with Gasteiger partial charge >= 0.3 is 0 Å². The molecule has 0 spiro atoms. The number of hydrogen-bond acceptors (Lipinski definition) is 6. The van der Waals surface area contributed by atoms with Crippen LogP contribution in [0.3, 0.4) is 0 Å². The van der Waals surface area contributed by atoms with Gasteiger partial charge in [0, 0.05) is 22.5 Å². The molecule has 0 aliphatic carbocycles. The van der Waals surface area contributed by atoms with Crippen LogP contribution < -0.4 is 10.6 Å². The second-order valence-electron chi connectivity index (χ2n) is 6.81. The molecule has 0 radical (unpaired) electrons. The minimum absolute atomic E-state index is 0.0310. The fourth-order valence-electron chi connectivity index (χ4n) is 3.10. The smallest absolute Gasteiger partial charge is 0.280 e. The summed E-state index contributed by atoms with van der Waals surface area (Å²) in [6, 6.07) is 19.0. The highest BCUT2D eigenvalue weighted by atomic mass is 16.6. The van der Waals surface area contributed by atoms with Crippen LogP contribution in [0.5, 0.6) is 0 Å². The number of carbonyl (C=O) groups excluding carboxylic acids is 2. The molecule has 32 heavy (non-hydrogen) atoms. The topological polar surface area (TPSA) is 144 Å². The number of amides is 2. The Bertz CT molecular complexity index is 1080. The molecule has 0 aliphatic rings. The van der Waals surface area contributed by atoms with Crippen LogP contribution in [0, 0.1) is 20.2 Å². The molecule has 10 nitrogen and oxygen atoms in total. The van der Waals surface area contributed by atoms with Gasteiger partial charge in [0.15, 0.2) is 0 Å². The van der Waals surface area contributed by atoms with Crippen LogP contribution in [0.25, 0.3) is 0 Å². The summed E-state index contributed by atoms with van der Waals surface area (Å²) >= 11 is 0. The Morgan fingerprint density at radius 1 is 0.656 bits per heavy atom. The summed E-state index contributed by atoms with van der Waals surface area (Å²) in [6.07, 6.45) is -0.785. The van der Waals surface area contributed by atoms with Crippen LogP contribution in [0.15, 0.2) is 72.8 Å². The first kappa shape index (κ1) is 22.1. The Balaban J connectivity index is 1.88. The number of nitrogens with one attached hydrogen (secondary N) is 2. The van der Waals surface area contributed by atoms with Gasteiger partial charge in [0.1, 0.15) is 0 Å². The molecule has 0 bridgehead atoms. The van der Waals surface area contributed by atoms with Crippen molar-refractivity contribution in [3.8, 4) is 0 Å². The molecule has 3 rings (SSSR count). The van der Waals surface area contributed by atoms with Gasteiger partial charge in [0.05, 0.1) is 28.8 Å². The summed E-state index contributed by atoms with van der Waals surface area (Å²) in [7, 11) is 0. The van der Waals surface area contributed by atoms with Crippen molar-refractivity contribution in [2.24, 2.45) is 0 Å². The Labute approximate surface area is 182 Å². The average Bonchev–Trinajstić information content (AvgIpc) is 2.74. The van der Waals surface area contributed by atoms with Crippen LogP contribution in [0.1, 0.15) is 11.1 Å². The second kappa shape index (κ2) is 9.94. The minimum atomic E-state index is -0.786. The fraction of sp³-hybridized carbons (Fsp3) is 0.0909. The molecule has 0 fully saturated rings. The zero-order valence-corrected chi connectivity index (χ0v) is 16.7. The van der Waals surface area contributed by atoms with Crippen LogP contribution in [-0.4, -0.2) is 21.7 Å². The molecule has 0 aromatic heterocycles. The number of nitro groups is 2. The highest BCUT2D eigenvalue weighted by Crippen LogP contribution is 2.30. The van der Waals surface area contributed by atoms with E-state index >= 15 is 0 Å². The first-order valence-electron chi connectivity index (χ1n) is 9.48. The summed E-state index contributed by atoms with van der Waals surface area (Å²) in [4.78, 5) is 46.2. The SMILES string of the molecule is O=C(Cc1cc(CC(=O)Nc2ccccc2)c([N+](=O)[O-])cc1[N+](=O)[O-])Nc1ccccc1. The lowest BCUT2D eigenvalue weighted by Gasteiger charge is -2.09. The molecule has 0 aliphatic heterocycles. The standard InChI is InChI=1S/C22H18N4O6/c27-21(23-17-7-3-1-4-8-17)12-15-11-16(20(26(31)32)14-19(15)25(29)30)13-22(28)24-18-9-5-2-6-10-18/h1-11,14H,12-13H2,(H,23,27)(H,24,28). The van der Waals surface area contributed by atoms with E-state index in [1.54, 1.807) is 60.7 Å². The highest BCUT2D eigenvalue weighted by Gasteiger charge is 2.26. The zero-order valence-electron chi connectivity index (χ0n) is 16.7. The van der Waals surface area contributed by atoms with Crippen LogP contribution in [0.2, 0.25) is 0 Å². The summed E-state index contributed by atoms with van der Waals surface area (Å²) < 4.78 is 0. The maximum atomic E-state index is 12.4. The number of nitro benzene ring substituents is 2. The number of nitrogens with zero attached hydrogens (tertiary/aromatic N) is 2. The molecule has 3 aromatic carbocycles. The molecule has 0 saturated carbocycles. The largest absolute Gasteiger partial charge is 0.326 e. The predicted octanol–water partition coefficient (Wildman–Crippen LogP) is 3.87.